The maximum Gasteiger partial charge on any atom is 0.262 e. The molecule has 0 fully saturated rings. The molecule has 1 amide bonds. The van der Waals surface area contributed by atoms with Crippen LogP contribution < -0.4 is 10.5 Å². The van der Waals surface area contributed by atoms with Gasteiger partial charge in [-0.15, -0.1) is 0 Å². The van der Waals surface area contributed by atoms with Crippen LogP contribution in [0.15, 0.2) is 56.9 Å². The Morgan fingerprint density at radius 2 is 2.10 bits per heavy atom. The van der Waals surface area contributed by atoms with Crippen molar-refractivity contribution in [3.05, 3.63) is 62.9 Å². The zero-order valence-electron chi connectivity index (χ0n) is 16.6. The Morgan fingerprint density at radius 1 is 1.27 bits per heavy atom. The van der Waals surface area contributed by atoms with Crippen LogP contribution >= 0.6 is 27.7 Å². The van der Waals surface area contributed by atoms with Crippen molar-refractivity contribution in [1.82, 2.24) is 9.55 Å². The zero-order valence-corrected chi connectivity index (χ0v) is 19.0. The number of halogens is 1. The van der Waals surface area contributed by atoms with Gasteiger partial charge in [0.1, 0.15) is 0 Å². The van der Waals surface area contributed by atoms with Gasteiger partial charge in [0.15, 0.2) is 5.16 Å². The van der Waals surface area contributed by atoms with Crippen LogP contribution in [0.1, 0.15) is 12.0 Å². The highest BCUT2D eigenvalue weighted by molar-refractivity contribution is 9.10. The van der Waals surface area contributed by atoms with Gasteiger partial charge >= 0.3 is 0 Å². The van der Waals surface area contributed by atoms with Gasteiger partial charge in [0.2, 0.25) is 5.91 Å². The monoisotopic (exact) mass is 487 g/mol. The molecule has 0 unspecified atom stereocenters. The number of para-hydroxylation sites is 1. The van der Waals surface area contributed by atoms with Crippen LogP contribution in [0.4, 0.5) is 5.69 Å². The number of thioether (sulfide) groups is 1. The Hall–Kier alpha value is -2.16. The molecule has 30 heavy (non-hydrogen) atoms. The van der Waals surface area contributed by atoms with E-state index in [4.69, 9.17) is 4.74 Å². The number of carbonyl (C=O) groups is 1. The molecule has 3 aromatic rings. The lowest BCUT2D eigenvalue weighted by Gasteiger charge is -2.29. The highest BCUT2D eigenvalue weighted by Crippen LogP contribution is 2.28. The van der Waals surface area contributed by atoms with E-state index >= 15 is 0 Å². The molecule has 0 spiro atoms. The molecule has 0 radical (unpaired) electrons. The number of aromatic nitrogens is 2. The maximum absolute atomic E-state index is 13.1. The fourth-order valence-electron chi connectivity index (χ4n) is 3.66. The molecule has 0 atom stereocenters. The third-order valence-electron chi connectivity index (χ3n) is 5.14. The average Bonchev–Trinajstić information content (AvgIpc) is 2.77. The van der Waals surface area contributed by atoms with Crippen molar-refractivity contribution in [2.24, 2.45) is 0 Å². The topological polar surface area (TPSA) is 64.4 Å². The van der Waals surface area contributed by atoms with Gasteiger partial charge in [-0.3, -0.25) is 14.2 Å². The molecule has 0 bridgehead atoms. The number of anilines is 1. The normalized spacial score (nSPS) is 13.5. The van der Waals surface area contributed by atoms with E-state index in [0.29, 0.717) is 35.8 Å². The van der Waals surface area contributed by atoms with Crippen molar-refractivity contribution in [2.45, 2.75) is 24.5 Å². The standard InChI is InChI=1S/C22H22BrN3O3S/c1-29-12-11-26-21(28)17-13-16(23)8-9-18(17)24-22(26)30-14-20(27)25-10-4-6-15-5-2-3-7-19(15)25/h2-3,5,7-9,13H,4,6,10-12,14H2,1H3. The summed E-state index contributed by atoms with van der Waals surface area (Å²) in [5.74, 6) is 0.242. The molecule has 0 N–H and O–H groups in total. The lowest BCUT2D eigenvalue weighted by atomic mass is 10.0. The van der Waals surface area contributed by atoms with E-state index in [2.05, 4.69) is 27.0 Å². The smallest absolute Gasteiger partial charge is 0.262 e. The van der Waals surface area contributed by atoms with Gasteiger partial charge in [0.25, 0.3) is 5.56 Å². The molecular weight excluding hydrogens is 466 g/mol. The van der Waals surface area contributed by atoms with Crippen LogP contribution in [-0.4, -0.2) is 41.5 Å². The van der Waals surface area contributed by atoms with Crippen LogP contribution in [0.25, 0.3) is 10.9 Å². The summed E-state index contributed by atoms with van der Waals surface area (Å²) in [4.78, 5) is 32.6. The summed E-state index contributed by atoms with van der Waals surface area (Å²) in [5.41, 5.74) is 2.68. The van der Waals surface area contributed by atoms with Gasteiger partial charge in [-0.25, -0.2) is 4.98 Å². The molecule has 2 aromatic carbocycles. The second-order valence-electron chi connectivity index (χ2n) is 7.07. The summed E-state index contributed by atoms with van der Waals surface area (Å²) >= 11 is 4.71. The van der Waals surface area contributed by atoms with E-state index in [0.717, 1.165) is 23.0 Å². The number of methoxy groups -OCH3 is 1. The number of fused-ring (bicyclic) bond motifs is 2. The van der Waals surface area contributed by atoms with Crippen LogP contribution in [-0.2, 0) is 22.5 Å². The maximum atomic E-state index is 13.1. The zero-order chi connectivity index (χ0) is 21.1. The number of amides is 1. The minimum absolute atomic E-state index is 0.0237. The molecular formula is C22H22BrN3O3S. The predicted octanol–water partition coefficient (Wildman–Crippen LogP) is 3.88. The average molecular weight is 488 g/mol. The highest BCUT2D eigenvalue weighted by atomic mass is 79.9. The van der Waals surface area contributed by atoms with E-state index in [9.17, 15) is 9.59 Å². The quantitative estimate of drug-likeness (QED) is 0.389. The molecule has 6 nitrogen and oxygen atoms in total. The first kappa shape index (κ1) is 21.1. The first-order chi connectivity index (χ1) is 14.6. The van der Waals surface area contributed by atoms with Gasteiger partial charge in [0, 0.05) is 23.8 Å². The SMILES string of the molecule is COCCn1c(SCC(=O)N2CCCc3ccccc32)nc2ccc(Br)cc2c1=O. The molecule has 0 saturated heterocycles. The van der Waals surface area contributed by atoms with E-state index < -0.39 is 0 Å². The molecule has 1 aliphatic heterocycles. The van der Waals surface area contributed by atoms with Crippen LogP contribution in [0.3, 0.4) is 0 Å². The largest absolute Gasteiger partial charge is 0.383 e. The van der Waals surface area contributed by atoms with Crippen molar-refractivity contribution >= 4 is 50.2 Å². The molecule has 156 valence electrons. The summed E-state index contributed by atoms with van der Waals surface area (Å²) in [6, 6.07) is 13.5. The Kier molecular flexibility index (Phi) is 6.55. The third kappa shape index (κ3) is 4.31. The predicted molar refractivity (Wildman–Crippen MR) is 123 cm³/mol. The molecule has 0 saturated carbocycles. The second-order valence-corrected chi connectivity index (χ2v) is 8.93. The molecule has 4 rings (SSSR count). The number of aryl methyl sites for hydroxylation is 1. The fraction of sp³-hybridized carbons (Fsp3) is 0.318. The van der Waals surface area contributed by atoms with E-state index in [1.807, 2.05) is 35.2 Å². The van der Waals surface area contributed by atoms with Crippen molar-refractivity contribution in [2.75, 3.05) is 30.9 Å². The number of hydrogen-bond donors (Lipinski definition) is 0. The van der Waals surface area contributed by atoms with Crippen LogP contribution in [0.2, 0.25) is 0 Å². The minimum Gasteiger partial charge on any atom is -0.383 e. The summed E-state index contributed by atoms with van der Waals surface area (Å²) < 4.78 is 7.59. The van der Waals surface area contributed by atoms with E-state index in [-0.39, 0.29) is 17.2 Å². The van der Waals surface area contributed by atoms with Crippen molar-refractivity contribution in [3.63, 3.8) is 0 Å². The summed E-state index contributed by atoms with van der Waals surface area (Å²) in [6.07, 6.45) is 1.94. The third-order valence-corrected chi connectivity index (χ3v) is 6.59. The van der Waals surface area contributed by atoms with Gasteiger partial charge in [-0.05, 0) is 42.7 Å². The van der Waals surface area contributed by atoms with E-state index in [1.54, 1.807) is 17.7 Å². The van der Waals surface area contributed by atoms with Crippen molar-refractivity contribution in [3.8, 4) is 0 Å². The van der Waals surface area contributed by atoms with Crippen molar-refractivity contribution < 1.29 is 9.53 Å². The minimum atomic E-state index is -0.128. The molecule has 8 heteroatoms. The van der Waals surface area contributed by atoms with Gasteiger partial charge in [0.05, 0.1) is 29.8 Å². The number of nitrogens with zero attached hydrogens (tertiary/aromatic N) is 3. The summed E-state index contributed by atoms with van der Waals surface area (Å²) in [5, 5.41) is 1.08. The number of hydrogen-bond acceptors (Lipinski definition) is 5. The Labute approximate surface area is 187 Å². The van der Waals surface area contributed by atoms with Gasteiger partial charge < -0.3 is 9.64 Å². The van der Waals surface area contributed by atoms with E-state index in [1.165, 1.54) is 17.3 Å². The second kappa shape index (κ2) is 9.32. The Bertz CT molecular complexity index is 1150. The first-order valence-electron chi connectivity index (χ1n) is 9.78. The number of ether oxygens (including phenoxy) is 1. The number of benzene rings is 2. The number of rotatable bonds is 6. The first-order valence-corrected chi connectivity index (χ1v) is 11.6. The lowest BCUT2D eigenvalue weighted by molar-refractivity contribution is -0.116. The summed E-state index contributed by atoms with van der Waals surface area (Å²) in [7, 11) is 1.60. The van der Waals surface area contributed by atoms with Gasteiger partial charge in [-0.2, -0.15) is 0 Å². The molecule has 2 heterocycles. The Morgan fingerprint density at radius 3 is 2.93 bits per heavy atom. The molecule has 0 aliphatic carbocycles. The van der Waals surface area contributed by atoms with Crippen molar-refractivity contribution in [1.29, 1.82) is 0 Å². The van der Waals surface area contributed by atoms with Crippen LogP contribution in [0, 0.1) is 0 Å². The van der Waals surface area contributed by atoms with Crippen LogP contribution in [0.5, 0.6) is 0 Å². The fourth-order valence-corrected chi connectivity index (χ4v) is 4.92. The lowest BCUT2D eigenvalue weighted by Crippen LogP contribution is -2.37. The highest BCUT2D eigenvalue weighted by Gasteiger charge is 2.23. The number of carbonyl (C=O) groups excluding carboxylic acids is 1. The van der Waals surface area contributed by atoms with Gasteiger partial charge in [-0.1, -0.05) is 45.9 Å². The summed E-state index contributed by atoms with van der Waals surface area (Å²) in [6.45, 7) is 1.49. The Balaban J connectivity index is 1.61. The molecule has 1 aromatic heterocycles. The molecule has 1 aliphatic rings.